The maximum atomic E-state index is 11.3. The monoisotopic (exact) mass is 290 g/mol. The zero-order valence-corrected chi connectivity index (χ0v) is 12.1. The highest BCUT2D eigenvalue weighted by Crippen LogP contribution is 2.43. The summed E-state index contributed by atoms with van der Waals surface area (Å²) in [6.07, 6.45) is 3.99. The highest BCUT2D eigenvalue weighted by atomic mass is 16.6. The smallest absolute Gasteiger partial charge is 0.306 e. The van der Waals surface area contributed by atoms with Crippen LogP contribution in [0.1, 0.15) is 32.1 Å². The molecule has 1 N–H and O–H groups in total. The van der Waals surface area contributed by atoms with Gasteiger partial charge in [0.2, 0.25) is 0 Å². The molecule has 0 bridgehead atoms. The van der Waals surface area contributed by atoms with Gasteiger partial charge in [-0.05, 0) is 43.7 Å². The molecule has 0 radical (unpaired) electrons. The van der Waals surface area contributed by atoms with Crippen LogP contribution in [0.5, 0.6) is 5.75 Å². The molecule has 4 unspecified atom stereocenters. The Bertz CT molecular complexity index is 473. The van der Waals surface area contributed by atoms with Crippen LogP contribution in [0.3, 0.4) is 0 Å². The predicted octanol–water partition coefficient (Wildman–Crippen LogP) is 2.55. The molecule has 4 heteroatoms. The zero-order chi connectivity index (χ0) is 14.7. The maximum Gasteiger partial charge on any atom is 0.306 e. The molecule has 1 aromatic carbocycles. The van der Waals surface area contributed by atoms with E-state index in [9.17, 15) is 9.90 Å². The van der Waals surface area contributed by atoms with Gasteiger partial charge in [-0.3, -0.25) is 4.79 Å². The fourth-order valence-electron chi connectivity index (χ4n) is 3.52. The molecule has 1 saturated carbocycles. The van der Waals surface area contributed by atoms with Gasteiger partial charge in [0.05, 0.1) is 12.5 Å². The van der Waals surface area contributed by atoms with Crippen molar-refractivity contribution in [3.63, 3.8) is 0 Å². The summed E-state index contributed by atoms with van der Waals surface area (Å²) in [6, 6.07) is 9.53. The fourth-order valence-corrected chi connectivity index (χ4v) is 3.52. The normalized spacial score (nSPS) is 29.0. The molecule has 1 saturated heterocycles. The van der Waals surface area contributed by atoms with Crippen molar-refractivity contribution in [2.24, 2.45) is 11.8 Å². The molecule has 1 aliphatic heterocycles. The van der Waals surface area contributed by atoms with Gasteiger partial charge >= 0.3 is 5.97 Å². The van der Waals surface area contributed by atoms with Gasteiger partial charge in [0, 0.05) is 5.92 Å². The van der Waals surface area contributed by atoms with Gasteiger partial charge in [-0.2, -0.15) is 0 Å². The van der Waals surface area contributed by atoms with Crippen LogP contribution in [-0.4, -0.2) is 29.9 Å². The minimum Gasteiger partial charge on any atom is -0.491 e. The number of para-hydroxylation sites is 1. The van der Waals surface area contributed by atoms with Crippen LogP contribution in [0.4, 0.5) is 0 Å². The van der Waals surface area contributed by atoms with E-state index in [2.05, 4.69) is 0 Å². The Morgan fingerprint density at radius 2 is 2.10 bits per heavy atom. The first-order chi connectivity index (χ1) is 10.2. The van der Waals surface area contributed by atoms with Crippen LogP contribution in [0.15, 0.2) is 30.3 Å². The third-order valence-electron chi connectivity index (χ3n) is 4.65. The van der Waals surface area contributed by atoms with Crippen molar-refractivity contribution in [1.29, 1.82) is 0 Å². The molecular formula is C17H22O4. The third kappa shape index (κ3) is 3.56. The molecule has 0 spiro atoms. The van der Waals surface area contributed by atoms with Crippen molar-refractivity contribution in [3.05, 3.63) is 30.3 Å². The summed E-state index contributed by atoms with van der Waals surface area (Å²) in [6.45, 7) is 0.320. The molecule has 2 aliphatic rings. The van der Waals surface area contributed by atoms with E-state index in [0.29, 0.717) is 24.9 Å². The summed E-state index contributed by atoms with van der Waals surface area (Å²) in [5.74, 6) is 1.61. The lowest BCUT2D eigenvalue weighted by molar-refractivity contribution is -0.141. The standard InChI is InChI=1S/C17H22O4/c18-13(11-20-14-4-2-1-3-5-14)8-6-12-7-9-16-15(12)10-17(19)21-16/h1-5,12-13,15-16,18H,6-11H2. The molecule has 1 heterocycles. The maximum absolute atomic E-state index is 11.3. The Morgan fingerprint density at radius 3 is 2.90 bits per heavy atom. The molecule has 1 aliphatic carbocycles. The molecule has 0 aromatic heterocycles. The van der Waals surface area contributed by atoms with E-state index in [1.54, 1.807) is 0 Å². The number of aliphatic hydroxyl groups excluding tert-OH is 1. The molecule has 4 atom stereocenters. The van der Waals surface area contributed by atoms with E-state index in [1.165, 1.54) is 0 Å². The lowest BCUT2D eigenvalue weighted by Crippen LogP contribution is -2.20. The molecule has 3 rings (SSSR count). The molecule has 2 fully saturated rings. The van der Waals surface area contributed by atoms with Crippen LogP contribution in [0.2, 0.25) is 0 Å². The van der Waals surface area contributed by atoms with E-state index in [0.717, 1.165) is 31.4 Å². The third-order valence-corrected chi connectivity index (χ3v) is 4.65. The predicted molar refractivity (Wildman–Crippen MR) is 77.9 cm³/mol. The minimum atomic E-state index is -0.456. The van der Waals surface area contributed by atoms with Crippen LogP contribution < -0.4 is 4.74 Å². The molecule has 1 aromatic rings. The van der Waals surface area contributed by atoms with Crippen molar-refractivity contribution >= 4 is 5.97 Å². The van der Waals surface area contributed by atoms with E-state index >= 15 is 0 Å². The van der Waals surface area contributed by atoms with E-state index in [4.69, 9.17) is 9.47 Å². The summed E-state index contributed by atoms with van der Waals surface area (Å²) in [4.78, 5) is 11.3. The number of hydrogen-bond donors (Lipinski definition) is 1. The summed E-state index contributed by atoms with van der Waals surface area (Å²) in [5.41, 5.74) is 0. The second-order valence-electron chi connectivity index (χ2n) is 6.09. The zero-order valence-electron chi connectivity index (χ0n) is 12.1. The van der Waals surface area contributed by atoms with Gasteiger partial charge in [0.15, 0.2) is 0 Å². The number of esters is 1. The molecule has 0 amide bonds. The van der Waals surface area contributed by atoms with Crippen LogP contribution in [-0.2, 0) is 9.53 Å². The summed E-state index contributed by atoms with van der Waals surface area (Å²) < 4.78 is 10.9. The average molecular weight is 290 g/mol. The lowest BCUT2D eigenvalue weighted by Gasteiger charge is -2.18. The summed E-state index contributed by atoms with van der Waals surface area (Å²) >= 11 is 0. The number of benzene rings is 1. The minimum absolute atomic E-state index is 0.0531. The van der Waals surface area contributed by atoms with E-state index in [-0.39, 0.29) is 12.1 Å². The number of rotatable bonds is 6. The topological polar surface area (TPSA) is 55.8 Å². The van der Waals surface area contributed by atoms with Crippen molar-refractivity contribution in [2.75, 3.05) is 6.61 Å². The highest BCUT2D eigenvalue weighted by Gasteiger charge is 2.44. The van der Waals surface area contributed by atoms with E-state index < -0.39 is 6.10 Å². The van der Waals surface area contributed by atoms with Gasteiger partial charge < -0.3 is 14.6 Å². The van der Waals surface area contributed by atoms with Crippen LogP contribution in [0, 0.1) is 11.8 Å². The lowest BCUT2D eigenvalue weighted by atomic mass is 9.88. The molecule has 114 valence electrons. The Balaban J connectivity index is 1.40. The van der Waals surface area contributed by atoms with Crippen molar-refractivity contribution in [1.82, 2.24) is 0 Å². The fraction of sp³-hybridized carbons (Fsp3) is 0.588. The molecule has 21 heavy (non-hydrogen) atoms. The van der Waals surface area contributed by atoms with Crippen LogP contribution in [0.25, 0.3) is 0 Å². The largest absolute Gasteiger partial charge is 0.491 e. The second-order valence-corrected chi connectivity index (χ2v) is 6.09. The highest BCUT2D eigenvalue weighted by molar-refractivity contribution is 5.72. The van der Waals surface area contributed by atoms with Gasteiger partial charge in [0.25, 0.3) is 0 Å². The van der Waals surface area contributed by atoms with E-state index in [1.807, 2.05) is 30.3 Å². The Labute approximate surface area is 125 Å². The Kier molecular flexibility index (Phi) is 4.44. The number of carbonyl (C=O) groups excluding carboxylic acids is 1. The molecular weight excluding hydrogens is 268 g/mol. The number of aliphatic hydroxyl groups is 1. The average Bonchev–Trinajstić information content (AvgIpc) is 3.03. The molecule has 4 nitrogen and oxygen atoms in total. The van der Waals surface area contributed by atoms with Crippen molar-refractivity contribution < 1.29 is 19.4 Å². The Morgan fingerprint density at radius 1 is 1.29 bits per heavy atom. The first-order valence-electron chi connectivity index (χ1n) is 7.78. The number of fused-ring (bicyclic) bond motifs is 1. The van der Waals surface area contributed by atoms with Gasteiger partial charge in [0.1, 0.15) is 18.5 Å². The first-order valence-corrected chi connectivity index (χ1v) is 7.78. The van der Waals surface area contributed by atoms with Crippen LogP contribution >= 0.6 is 0 Å². The number of carbonyl (C=O) groups is 1. The summed E-state index contributed by atoms with van der Waals surface area (Å²) in [7, 11) is 0. The van der Waals surface area contributed by atoms with Gasteiger partial charge in [-0.1, -0.05) is 18.2 Å². The van der Waals surface area contributed by atoms with Crippen molar-refractivity contribution in [2.45, 2.75) is 44.3 Å². The number of ether oxygens (including phenoxy) is 2. The van der Waals surface area contributed by atoms with Crippen molar-refractivity contribution in [3.8, 4) is 5.75 Å². The SMILES string of the molecule is O=C1CC2C(CCC(O)COc3ccccc3)CCC2O1. The van der Waals surface area contributed by atoms with Gasteiger partial charge in [-0.15, -0.1) is 0 Å². The quantitative estimate of drug-likeness (QED) is 0.818. The number of hydrogen-bond acceptors (Lipinski definition) is 4. The summed E-state index contributed by atoms with van der Waals surface area (Å²) in [5, 5.41) is 10.0. The first kappa shape index (κ1) is 14.4. The van der Waals surface area contributed by atoms with Gasteiger partial charge in [-0.25, -0.2) is 0 Å². The second kappa shape index (κ2) is 6.48. The Hall–Kier alpha value is -1.55.